The largest absolute Gasteiger partial charge is 0.454 e. The van der Waals surface area contributed by atoms with Crippen molar-refractivity contribution in [3.05, 3.63) is 70.0 Å². The van der Waals surface area contributed by atoms with Crippen LogP contribution in [0.5, 0.6) is 11.5 Å². The summed E-state index contributed by atoms with van der Waals surface area (Å²) in [5, 5.41) is 4.52. The molecule has 4 aromatic rings. The molecule has 5 rings (SSSR count). The highest BCUT2D eigenvalue weighted by atomic mass is 32.1. The molecule has 158 valence electrons. The van der Waals surface area contributed by atoms with Crippen molar-refractivity contribution in [2.75, 3.05) is 6.79 Å². The van der Waals surface area contributed by atoms with E-state index in [1.165, 1.54) is 11.3 Å². The molecule has 2 aromatic carbocycles. The van der Waals surface area contributed by atoms with Crippen LogP contribution in [0.2, 0.25) is 0 Å². The van der Waals surface area contributed by atoms with Crippen molar-refractivity contribution in [2.24, 2.45) is 7.05 Å². The third-order valence-corrected chi connectivity index (χ3v) is 6.48. The molecule has 0 fully saturated rings. The van der Waals surface area contributed by atoms with Crippen LogP contribution < -0.4 is 9.47 Å². The van der Waals surface area contributed by atoms with E-state index in [2.05, 4.69) is 10.1 Å². The highest BCUT2D eigenvalue weighted by Crippen LogP contribution is 2.33. The molecule has 0 saturated carbocycles. The number of ether oxygens (including phenoxy) is 2. The third-order valence-electron chi connectivity index (χ3n) is 5.68. The fourth-order valence-electron chi connectivity index (χ4n) is 3.87. The van der Waals surface area contributed by atoms with Crippen LogP contribution in [0.3, 0.4) is 0 Å². The predicted octanol–water partition coefficient (Wildman–Crippen LogP) is 4.22. The topological polar surface area (TPSA) is 69.5 Å². The fraction of sp³-hybridized carbons (Fsp3) is 0.261. The molecule has 1 aliphatic heterocycles. The number of carbonyl (C=O) groups excluding carboxylic acids is 1. The summed E-state index contributed by atoms with van der Waals surface area (Å²) in [6.45, 7) is 5.16. The van der Waals surface area contributed by atoms with Crippen LogP contribution in [0.15, 0.2) is 41.9 Å². The van der Waals surface area contributed by atoms with Gasteiger partial charge in [0.15, 0.2) is 11.5 Å². The number of aryl methyl sites for hydroxylation is 2. The van der Waals surface area contributed by atoms with Gasteiger partial charge in [-0.25, -0.2) is 4.98 Å². The van der Waals surface area contributed by atoms with Crippen molar-refractivity contribution in [3.8, 4) is 11.5 Å². The van der Waals surface area contributed by atoms with Crippen LogP contribution in [-0.2, 0) is 20.1 Å². The van der Waals surface area contributed by atoms with Crippen LogP contribution in [-0.4, -0.2) is 32.4 Å². The standard InChI is InChI=1S/C23H22N4O3S/c1-14-18(15(2)26(3)25-14)11-27(10-16-4-7-20-21(8-16)30-13-29-20)23(28)17-5-6-19-22(9-17)31-12-24-19/h4-9,12H,10-11,13H2,1-3H3. The summed E-state index contributed by atoms with van der Waals surface area (Å²) in [6.07, 6.45) is 0. The molecule has 0 spiro atoms. The van der Waals surface area contributed by atoms with E-state index < -0.39 is 0 Å². The SMILES string of the molecule is Cc1nn(C)c(C)c1CN(Cc1ccc2c(c1)OCO2)C(=O)c1ccc2ncsc2c1. The van der Waals surface area contributed by atoms with Crippen molar-refractivity contribution in [1.29, 1.82) is 0 Å². The molecule has 0 aliphatic carbocycles. The van der Waals surface area contributed by atoms with Gasteiger partial charge in [0, 0.05) is 37.0 Å². The van der Waals surface area contributed by atoms with E-state index in [0.717, 1.165) is 38.5 Å². The van der Waals surface area contributed by atoms with Gasteiger partial charge in [-0.3, -0.25) is 9.48 Å². The van der Waals surface area contributed by atoms with Gasteiger partial charge in [0.2, 0.25) is 6.79 Å². The average molecular weight is 435 g/mol. The van der Waals surface area contributed by atoms with Gasteiger partial charge in [0.25, 0.3) is 5.91 Å². The minimum Gasteiger partial charge on any atom is -0.454 e. The summed E-state index contributed by atoms with van der Waals surface area (Å²) >= 11 is 1.53. The Labute approximate surface area is 183 Å². The highest BCUT2D eigenvalue weighted by molar-refractivity contribution is 7.16. The molecule has 0 unspecified atom stereocenters. The zero-order chi connectivity index (χ0) is 21.5. The maximum absolute atomic E-state index is 13.6. The third kappa shape index (κ3) is 3.63. The first kappa shape index (κ1) is 19.6. The van der Waals surface area contributed by atoms with Gasteiger partial charge in [-0.15, -0.1) is 11.3 Å². The minimum atomic E-state index is -0.0318. The van der Waals surface area contributed by atoms with Crippen LogP contribution in [0.1, 0.15) is 32.9 Å². The predicted molar refractivity (Wildman–Crippen MR) is 118 cm³/mol. The van der Waals surface area contributed by atoms with Crippen molar-refractivity contribution >= 4 is 27.5 Å². The number of hydrogen-bond donors (Lipinski definition) is 0. The van der Waals surface area contributed by atoms with Crippen LogP contribution in [0.4, 0.5) is 0 Å². The van der Waals surface area contributed by atoms with Crippen molar-refractivity contribution in [2.45, 2.75) is 26.9 Å². The number of rotatable bonds is 5. The second-order valence-corrected chi connectivity index (χ2v) is 8.54. The molecule has 0 saturated heterocycles. The Balaban J connectivity index is 1.50. The summed E-state index contributed by atoms with van der Waals surface area (Å²) in [6, 6.07) is 11.5. The summed E-state index contributed by atoms with van der Waals surface area (Å²) in [5.74, 6) is 1.41. The lowest BCUT2D eigenvalue weighted by Crippen LogP contribution is -2.30. The van der Waals surface area contributed by atoms with Crippen LogP contribution >= 0.6 is 11.3 Å². The second kappa shape index (κ2) is 7.70. The Kier molecular flexibility index (Phi) is 4.86. The molecule has 1 amide bonds. The maximum atomic E-state index is 13.6. The van der Waals surface area contributed by atoms with Crippen LogP contribution in [0, 0.1) is 13.8 Å². The average Bonchev–Trinajstić information content (AvgIpc) is 3.48. The van der Waals surface area contributed by atoms with Gasteiger partial charge in [0.05, 0.1) is 21.4 Å². The van der Waals surface area contributed by atoms with Crippen molar-refractivity contribution in [1.82, 2.24) is 19.7 Å². The maximum Gasteiger partial charge on any atom is 0.254 e. The van der Waals surface area contributed by atoms with Crippen LogP contribution in [0.25, 0.3) is 10.2 Å². The molecule has 0 bridgehead atoms. The van der Waals surface area contributed by atoms with E-state index in [4.69, 9.17) is 9.47 Å². The quantitative estimate of drug-likeness (QED) is 0.470. The molecule has 3 heterocycles. The van der Waals surface area contributed by atoms with Gasteiger partial charge < -0.3 is 14.4 Å². The number of amides is 1. The summed E-state index contributed by atoms with van der Waals surface area (Å²) in [5.41, 5.74) is 7.39. The Morgan fingerprint density at radius 3 is 2.77 bits per heavy atom. The second-order valence-electron chi connectivity index (χ2n) is 7.66. The minimum absolute atomic E-state index is 0.0318. The number of benzene rings is 2. The first-order valence-corrected chi connectivity index (χ1v) is 10.9. The lowest BCUT2D eigenvalue weighted by molar-refractivity contribution is 0.0729. The lowest BCUT2D eigenvalue weighted by atomic mass is 10.1. The summed E-state index contributed by atoms with van der Waals surface area (Å²) < 4.78 is 13.8. The van der Waals surface area contributed by atoms with Crippen molar-refractivity contribution in [3.63, 3.8) is 0 Å². The number of aromatic nitrogens is 3. The van der Waals surface area contributed by atoms with Gasteiger partial charge in [-0.2, -0.15) is 5.10 Å². The summed E-state index contributed by atoms with van der Waals surface area (Å²) in [7, 11) is 1.92. The molecule has 2 aromatic heterocycles. The first-order chi connectivity index (χ1) is 15.0. The number of fused-ring (bicyclic) bond motifs is 2. The van der Waals surface area contributed by atoms with E-state index in [1.54, 1.807) is 5.51 Å². The zero-order valence-corrected chi connectivity index (χ0v) is 18.4. The number of hydrogen-bond acceptors (Lipinski definition) is 6. The first-order valence-electron chi connectivity index (χ1n) is 10.00. The fourth-order valence-corrected chi connectivity index (χ4v) is 4.58. The Hall–Kier alpha value is -3.39. The van der Waals surface area contributed by atoms with E-state index >= 15 is 0 Å². The van der Waals surface area contributed by atoms with E-state index in [0.29, 0.717) is 24.4 Å². The molecule has 7 nitrogen and oxygen atoms in total. The van der Waals surface area contributed by atoms with E-state index in [9.17, 15) is 4.79 Å². The molecule has 0 N–H and O–H groups in total. The zero-order valence-electron chi connectivity index (χ0n) is 17.6. The number of thiazole rings is 1. The van der Waals surface area contributed by atoms with E-state index in [-0.39, 0.29) is 12.7 Å². The number of carbonyl (C=O) groups is 1. The Morgan fingerprint density at radius 1 is 1.13 bits per heavy atom. The summed E-state index contributed by atoms with van der Waals surface area (Å²) in [4.78, 5) is 19.8. The van der Waals surface area contributed by atoms with Gasteiger partial charge in [-0.1, -0.05) is 6.07 Å². The normalized spacial score (nSPS) is 12.5. The van der Waals surface area contributed by atoms with Gasteiger partial charge in [0.1, 0.15) is 0 Å². The molecule has 0 radical (unpaired) electrons. The van der Waals surface area contributed by atoms with Gasteiger partial charge >= 0.3 is 0 Å². The highest BCUT2D eigenvalue weighted by Gasteiger charge is 2.22. The monoisotopic (exact) mass is 434 g/mol. The molecule has 31 heavy (non-hydrogen) atoms. The molecule has 0 atom stereocenters. The van der Waals surface area contributed by atoms with E-state index in [1.807, 2.05) is 66.9 Å². The smallest absolute Gasteiger partial charge is 0.254 e. The molecular formula is C23H22N4O3S. The van der Waals surface area contributed by atoms with Crippen molar-refractivity contribution < 1.29 is 14.3 Å². The molecule has 8 heteroatoms. The lowest BCUT2D eigenvalue weighted by Gasteiger charge is -2.23. The van der Waals surface area contributed by atoms with Gasteiger partial charge in [-0.05, 0) is 49.7 Å². The number of nitrogens with zero attached hydrogens (tertiary/aromatic N) is 4. The Morgan fingerprint density at radius 2 is 1.97 bits per heavy atom. The molecular weight excluding hydrogens is 412 g/mol. The molecule has 1 aliphatic rings. The Bertz CT molecular complexity index is 1290.